The SMILES string of the molecule is COc1ccc(C(=O)N2C[C@@H](C(=O)N3CCN(c4ccccc4OC)CC3)[C@H](c3ccc(C)cc3)C2)cc1. The van der Waals surface area contributed by atoms with Crippen LogP contribution in [0.15, 0.2) is 72.8 Å². The molecule has 2 amide bonds. The summed E-state index contributed by atoms with van der Waals surface area (Å²) in [4.78, 5) is 33.4. The van der Waals surface area contributed by atoms with Gasteiger partial charge in [0.25, 0.3) is 5.91 Å². The first kappa shape index (κ1) is 25.6. The maximum atomic E-state index is 13.9. The molecule has 3 aromatic rings. The first-order valence-electron chi connectivity index (χ1n) is 13.1. The lowest BCUT2D eigenvalue weighted by atomic mass is 9.87. The van der Waals surface area contributed by atoms with E-state index in [-0.39, 0.29) is 23.7 Å². The standard InChI is InChI=1S/C31H35N3O4/c1-22-8-10-23(11-9-22)26-20-34(30(35)24-12-14-25(37-2)15-13-24)21-27(26)31(36)33-18-16-32(17-19-33)28-6-4-5-7-29(28)38-3/h4-15,26-27H,16-21H2,1-3H3/t26-,27+/m0/s1. The second-order valence-corrected chi connectivity index (χ2v) is 10.0. The molecule has 0 spiro atoms. The number of anilines is 1. The third-order valence-corrected chi connectivity index (χ3v) is 7.78. The highest BCUT2D eigenvalue weighted by Crippen LogP contribution is 2.36. The number of hydrogen-bond donors (Lipinski definition) is 0. The van der Waals surface area contributed by atoms with Crippen molar-refractivity contribution in [2.75, 3.05) is 58.4 Å². The Bertz CT molecular complexity index is 1270. The normalized spacial score (nSPS) is 19.4. The van der Waals surface area contributed by atoms with E-state index in [4.69, 9.17) is 9.47 Å². The summed E-state index contributed by atoms with van der Waals surface area (Å²) in [6.45, 7) is 5.74. The van der Waals surface area contributed by atoms with Crippen molar-refractivity contribution in [3.05, 3.63) is 89.5 Å². The van der Waals surface area contributed by atoms with E-state index < -0.39 is 0 Å². The van der Waals surface area contributed by atoms with Crippen LogP contribution in [0.5, 0.6) is 11.5 Å². The Morgan fingerprint density at radius 3 is 2.11 bits per heavy atom. The Morgan fingerprint density at radius 2 is 1.45 bits per heavy atom. The largest absolute Gasteiger partial charge is 0.497 e. The molecule has 0 N–H and O–H groups in total. The van der Waals surface area contributed by atoms with Gasteiger partial charge in [0, 0.05) is 50.7 Å². The maximum absolute atomic E-state index is 13.9. The molecule has 7 nitrogen and oxygen atoms in total. The Balaban J connectivity index is 1.33. The second-order valence-electron chi connectivity index (χ2n) is 10.0. The molecule has 2 aliphatic rings. The molecule has 0 aromatic heterocycles. The second kappa shape index (κ2) is 11.2. The lowest BCUT2D eigenvalue weighted by Crippen LogP contribution is -2.51. The number of carbonyl (C=O) groups excluding carboxylic acids is 2. The molecule has 0 unspecified atom stereocenters. The zero-order chi connectivity index (χ0) is 26.6. The van der Waals surface area contributed by atoms with Gasteiger partial charge in [-0.05, 0) is 48.9 Å². The summed E-state index contributed by atoms with van der Waals surface area (Å²) in [6, 6.07) is 23.5. The van der Waals surface area contributed by atoms with E-state index >= 15 is 0 Å². The average molecular weight is 514 g/mol. The van der Waals surface area contributed by atoms with E-state index in [9.17, 15) is 9.59 Å². The zero-order valence-electron chi connectivity index (χ0n) is 22.3. The fraction of sp³-hybridized carbons (Fsp3) is 0.355. The van der Waals surface area contributed by atoms with Gasteiger partial charge >= 0.3 is 0 Å². The Hall–Kier alpha value is -4.00. The van der Waals surface area contributed by atoms with Crippen LogP contribution in [0.3, 0.4) is 0 Å². The Labute approximate surface area is 224 Å². The van der Waals surface area contributed by atoms with Gasteiger partial charge in [-0.1, -0.05) is 42.0 Å². The summed E-state index contributed by atoms with van der Waals surface area (Å²) in [5.74, 6) is 1.30. The van der Waals surface area contributed by atoms with Crippen molar-refractivity contribution in [1.29, 1.82) is 0 Å². The molecule has 2 heterocycles. The minimum absolute atomic E-state index is 0.0439. The number of methoxy groups -OCH3 is 2. The molecule has 7 heteroatoms. The van der Waals surface area contributed by atoms with E-state index in [2.05, 4.69) is 42.2 Å². The number of carbonyl (C=O) groups is 2. The fourth-order valence-electron chi connectivity index (χ4n) is 5.58. The minimum Gasteiger partial charge on any atom is -0.497 e. The molecule has 2 saturated heterocycles. The maximum Gasteiger partial charge on any atom is 0.253 e. The molecular weight excluding hydrogens is 478 g/mol. The van der Waals surface area contributed by atoms with Gasteiger partial charge in [-0.2, -0.15) is 0 Å². The highest BCUT2D eigenvalue weighted by molar-refractivity contribution is 5.95. The lowest BCUT2D eigenvalue weighted by Gasteiger charge is -2.38. The molecule has 2 aliphatic heterocycles. The predicted octanol–water partition coefficient (Wildman–Crippen LogP) is 4.22. The van der Waals surface area contributed by atoms with Gasteiger partial charge < -0.3 is 24.2 Å². The lowest BCUT2D eigenvalue weighted by molar-refractivity contribution is -0.135. The number of likely N-dealkylation sites (tertiary alicyclic amines) is 1. The van der Waals surface area contributed by atoms with Gasteiger partial charge in [0.1, 0.15) is 11.5 Å². The zero-order valence-corrected chi connectivity index (χ0v) is 22.3. The minimum atomic E-state index is -0.280. The van der Waals surface area contributed by atoms with Crippen molar-refractivity contribution in [2.45, 2.75) is 12.8 Å². The number of aryl methyl sites for hydroxylation is 1. The van der Waals surface area contributed by atoms with Crippen LogP contribution in [0.4, 0.5) is 5.69 Å². The van der Waals surface area contributed by atoms with Crippen LogP contribution in [0, 0.1) is 12.8 Å². The highest BCUT2D eigenvalue weighted by Gasteiger charge is 2.42. The molecule has 2 atom stereocenters. The van der Waals surface area contributed by atoms with Crippen LogP contribution in [0.2, 0.25) is 0 Å². The molecular formula is C31H35N3O4. The molecule has 5 rings (SSSR count). The summed E-state index contributed by atoms with van der Waals surface area (Å²) in [5, 5.41) is 0. The predicted molar refractivity (Wildman–Crippen MR) is 148 cm³/mol. The summed E-state index contributed by atoms with van der Waals surface area (Å²) < 4.78 is 10.8. The molecule has 0 radical (unpaired) electrons. The van der Waals surface area contributed by atoms with E-state index in [0.29, 0.717) is 37.5 Å². The van der Waals surface area contributed by atoms with E-state index in [1.807, 2.05) is 28.0 Å². The van der Waals surface area contributed by atoms with Crippen molar-refractivity contribution >= 4 is 17.5 Å². The van der Waals surface area contributed by atoms with Crippen LogP contribution in [-0.2, 0) is 4.79 Å². The van der Waals surface area contributed by atoms with Crippen LogP contribution in [0.1, 0.15) is 27.4 Å². The van der Waals surface area contributed by atoms with Crippen LogP contribution < -0.4 is 14.4 Å². The van der Waals surface area contributed by atoms with E-state index in [1.165, 1.54) is 5.56 Å². The van der Waals surface area contributed by atoms with Crippen molar-refractivity contribution < 1.29 is 19.1 Å². The Morgan fingerprint density at radius 1 is 0.763 bits per heavy atom. The van der Waals surface area contributed by atoms with Crippen molar-refractivity contribution in [2.24, 2.45) is 5.92 Å². The van der Waals surface area contributed by atoms with E-state index in [1.54, 1.807) is 38.5 Å². The summed E-state index contributed by atoms with van der Waals surface area (Å²) >= 11 is 0. The number of benzene rings is 3. The van der Waals surface area contributed by atoms with Gasteiger partial charge in [-0.25, -0.2) is 0 Å². The van der Waals surface area contributed by atoms with Crippen molar-refractivity contribution in [3.8, 4) is 11.5 Å². The average Bonchev–Trinajstić information content (AvgIpc) is 3.42. The first-order valence-corrected chi connectivity index (χ1v) is 13.1. The summed E-state index contributed by atoms with van der Waals surface area (Å²) in [7, 11) is 3.29. The number of para-hydroxylation sites is 2. The van der Waals surface area contributed by atoms with Gasteiger partial charge in [-0.15, -0.1) is 0 Å². The molecule has 0 bridgehead atoms. The van der Waals surface area contributed by atoms with Crippen LogP contribution in [0.25, 0.3) is 0 Å². The number of piperazine rings is 1. The molecule has 198 valence electrons. The number of rotatable bonds is 6. The fourth-order valence-corrected chi connectivity index (χ4v) is 5.58. The highest BCUT2D eigenvalue weighted by atomic mass is 16.5. The number of nitrogens with zero attached hydrogens (tertiary/aromatic N) is 3. The topological polar surface area (TPSA) is 62.3 Å². The number of hydrogen-bond acceptors (Lipinski definition) is 5. The monoisotopic (exact) mass is 513 g/mol. The summed E-state index contributed by atoms with van der Waals surface area (Å²) in [6.07, 6.45) is 0. The molecule has 38 heavy (non-hydrogen) atoms. The van der Waals surface area contributed by atoms with Crippen molar-refractivity contribution in [1.82, 2.24) is 9.80 Å². The van der Waals surface area contributed by atoms with Crippen LogP contribution >= 0.6 is 0 Å². The van der Waals surface area contributed by atoms with E-state index in [0.717, 1.165) is 30.1 Å². The third-order valence-electron chi connectivity index (χ3n) is 7.78. The Kier molecular flexibility index (Phi) is 7.54. The number of ether oxygens (including phenoxy) is 2. The number of amides is 2. The van der Waals surface area contributed by atoms with Gasteiger partial charge in [0.2, 0.25) is 5.91 Å². The first-order chi connectivity index (χ1) is 18.5. The van der Waals surface area contributed by atoms with Gasteiger partial charge in [-0.3, -0.25) is 9.59 Å². The quantitative estimate of drug-likeness (QED) is 0.494. The molecule has 3 aromatic carbocycles. The van der Waals surface area contributed by atoms with Gasteiger partial charge in [0.15, 0.2) is 0 Å². The molecule has 0 saturated carbocycles. The van der Waals surface area contributed by atoms with Crippen LogP contribution in [-0.4, -0.2) is 75.1 Å². The smallest absolute Gasteiger partial charge is 0.253 e. The third kappa shape index (κ3) is 5.19. The molecule has 0 aliphatic carbocycles. The summed E-state index contributed by atoms with van der Waals surface area (Å²) in [5.41, 5.74) is 3.93. The van der Waals surface area contributed by atoms with Gasteiger partial charge in [0.05, 0.1) is 25.8 Å². The van der Waals surface area contributed by atoms with Crippen molar-refractivity contribution in [3.63, 3.8) is 0 Å². The molecule has 2 fully saturated rings.